The Morgan fingerprint density at radius 3 is 2.67 bits per heavy atom. The number of hydrogen-bond donors (Lipinski definition) is 4. The number of pyridine rings is 1. The maximum absolute atomic E-state index is 14.8. The maximum Gasteiger partial charge on any atom is 0.251 e. The first kappa shape index (κ1) is 25.3. The van der Waals surface area contributed by atoms with Gasteiger partial charge in [-0.15, -0.1) is 21.5 Å². The smallest absolute Gasteiger partial charge is 0.251 e. The lowest BCUT2D eigenvalue weighted by Gasteiger charge is -2.08. The summed E-state index contributed by atoms with van der Waals surface area (Å²) in [5, 5.41) is 33.7. The number of nitrogens with two attached hydrogens (primary N) is 1. The molecule has 0 fully saturated rings. The van der Waals surface area contributed by atoms with Crippen LogP contribution in [0.3, 0.4) is 0 Å². The van der Waals surface area contributed by atoms with E-state index in [9.17, 15) is 18.7 Å². The fourth-order valence-corrected chi connectivity index (χ4v) is 4.69. The van der Waals surface area contributed by atoms with Gasteiger partial charge in [-0.25, -0.2) is 13.8 Å². The fraction of sp³-hybridized carbons (Fsp3) is 0.261. The molecule has 1 amide bonds. The molecule has 0 bridgehead atoms. The highest BCUT2D eigenvalue weighted by Crippen LogP contribution is 2.39. The summed E-state index contributed by atoms with van der Waals surface area (Å²) in [5.41, 5.74) is 6.22. The third kappa shape index (κ3) is 5.87. The van der Waals surface area contributed by atoms with Crippen LogP contribution in [0, 0.1) is 11.6 Å². The van der Waals surface area contributed by atoms with Crippen molar-refractivity contribution in [2.24, 2.45) is 5.73 Å². The van der Waals surface area contributed by atoms with E-state index in [-0.39, 0.29) is 47.0 Å². The van der Waals surface area contributed by atoms with Crippen LogP contribution >= 0.6 is 11.3 Å². The zero-order valence-electron chi connectivity index (χ0n) is 19.2. The first-order chi connectivity index (χ1) is 17.2. The highest BCUT2D eigenvalue weighted by atomic mass is 32.1. The average Bonchev–Trinajstić information content (AvgIpc) is 3.40. The van der Waals surface area contributed by atoms with Gasteiger partial charge in [-0.05, 0) is 54.5 Å². The van der Waals surface area contributed by atoms with Gasteiger partial charge < -0.3 is 21.3 Å². The van der Waals surface area contributed by atoms with E-state index in [2.05, 4.69) is 25.7 Å². The zero-order chi connectivity index (χ0) is 25.8. The normalized spacial score (nSPS) is 12.0. The van der Waals surface area contributed by atoms with Crippen molar-refractivity contribution in [3.05, 3.63) is 70.7 Å². The minimum atomic E-state index is -0.809. The summed E-state index contributed by atoms with van der Waals surface area (Å²) in [5.74, 6) is -1.60. The van der Waals surface area contributed by atoms with Crippen LogP contribution in [0.5, 0.6) is 0 Å². The van der Waals surface area contributed by atoms with Crippen molar-refractivity contribution >= 4 is 28.1 Å². The van der Waals surface area contributed by atoms with Gasteiger partial charge in [0.05, 0.1) is 42.5 Å². The SMILES string of the molecule is CC(O)Cc1cc(F)c(-c2cc(C(N)=O)c(Nc3cccc(Cc4nnn(CCO)n4)n3)s2)c(F)c1. The molecule has 0 saturated carbocycles. The van der Waals surface area contributed by atoms with Crippen molar-refractivity contribution < 1.29 is 23.8 Å². The van der Waals surface area contributed by atoms with Crippen LogP contribution in [0.25, 0.3) is 10.4 Å². The topological polar surface area (TPSA) is 152 Å². The van der Waals surface area contributed by atoms with Gasteiger partial charge >= 0.3 is 0 Å². The van der Waals surface area contributed by atoms with Crippen molar-refractivity contribution in [2.75, 3.05) is 11.9 Å². The summed E-state index contributed by atoms with van der Waals surface area (Å²) in [6.45, 7) is 1.64. The molecule has 0 saturated heterocycles. The summed E-state index contributed by atoms with van der Waals surface area (Å²) in [6, 6.07) is 8.82. The minimum Gasteiger partial charge on any atom is -0.394 e. The number of nitrogens with one attached hydrogen (secondary N) is 1. The van der Waals surface area contributed by atoms with E-state index >= 15 is 0 Å². The van der Waals surface area contributed by atoms with Gasteiger partial charge in [0.2, 0.25) is 0 Å². The molecule has 36 heavy (non-hydrogen) atoms. The molecule has 4 aromatic rings. The van der Waals surface area contributed by atoms with Crippen LogP contribution < -0.4 is 11.1 Å². The Bertz CT molecular complexity index is 1370. The molecule has 0 spiro atoms. The second-order valence-corrected chi connectivity index (χ2v) is 9.10. The lowest BCUT2D eigenvalue weighted by Crippen LogP contribution is -2.11. The number of thiophene rings is 1. The number of benzene rings is 1. The van der Waals surface area contributed by atoms with Gasteiger partial charge in [-0.3, -0.25) is 4.79 Å². The molecular weight excluding hydrogens is 492 g/mol. The number of nitrogens with zero attached hydrogens (tertiary/aromatic N) is 5. The number of aliphatic hydroxyl groups is 2. The molecule has 1 unspecified atom stereocenters. The lowest BCUT2D eigenvalue weighted by atomic mass is 10.0. The lowest BCUT2D eigenvalue weighted by molar-refractivity contribution is 0.100. The Kier molecular flexibility index (Phi) is 7.62. The Hall–Kier alpha value is -3.81. The first-order valence-corrected chi connectivity index (χ1v) is 11.8. The molecule has 10 nitrogen and oxygen atoms in total. The van der Waals surface area contributed by atoms with Gasteiger partial charge in [0, 0.05) is 4.88 Å². The van der Waals surface area contributed by atoms with Gasteiger partial charge in [0.15, 0.2) is 5.82 Å². The number of halogens is 2. The van der Waals surface area contributed by atoms with Gasteiger partial charge in [0.25, 0.3) is 5.91 Å². The van der Waals surface area contributed by atoms with Crippen molar-refractivity contribution in [1.82, 2.24) is 25.2 Å². The quantitative estimate of drug-likeness (QED) is 0.251. The van der Waals surface area contributed by atoms with Crippen LogP contribution in [-0.4, -0.2) is 54.0 Å². The summed E-state index contributed by atoms with van der Waals surface area (Å²) >= 11 is 0.959. The number of amides is 1. The summed E-state index contributed by atoms with van der Waals surface area (Å²) in [7, 11) is 0. The van der Waals surface area contributed by atoms with Gasteiger partial charge in [-0.1, -0.05) is 6.07 Å². The van der Waals surface area contributed by atoms with Crippen molar-refractivity contribution in [3.8, 4) is 10.4 Å². The average molecular weight is 516 g/mol. The molecule has 0 aliphatic rings. The third-order valence-corrected chi connectivity index (χ3v) is 6.13. The fourth-order valence-electron chi connectivity index (χ4n) is 3.57. The summed E-state index contributed by atoms with van der Waals surface area (Å²) < 4.78 is 29.7. The monoisotopic (exact) mass is 515 g/mol. The number of tetrazole rings is 1. The molecule has 5 N–H and O–H groups in total. The predicted molar refractivity (Wildman–Crippen MR) is 129 cm³/mol. The van der Waals surface area contributed by atoms with Crippen LogP contribution in [0.15, 0.2) is 36.4 Å². The minimum absolute atomic E-state index is 0.0580. The highest BCUT2D eigenvalue weighted by molar-refractivity contribution is 7.20. The molecule has 0 aliphatic carbocycles. The number of anilines is 2. The largest absolute Gasteiger partial charge is 0.394 e. The zero-order valence-corrected chi connectivity index (χ0v) is 20.0. The van der Waals surface area contributed by atoms with E-state index in [1.54, 1.807) is 18.2 Å². The van der Waals surface area contributed by atoms with E-state index in [0.717, 1.165) is 23.5 Å². The molecule has 0 radical (unpaired) electrons. The number of carbonyl (C=O) groups excluding carboxylic acids is 1. The third-order valence-electron chi connectivity index (χ3n) is 5.06. The molecule has 0 aliphatic heterocycles. The summed E-state index contributed by atoms with van der Waals surface area (Å²) in [6.07, 6.45) is -0.373. The van der Waals surface area contributed by atoms with Crippen LogP contribution in [0.1, 0.15) is 34.4 Å². The van der Waals surface area contributed by atoms with Gasteiger partial charge in [0.1, 0.15) is 22.5 Å². The molecular formula is C23H23F2N7O3S. The Balaban J connectivity index is 1.60. The van der Waals surface area contributed by atoms with Crippen LogP contribution in [0.2, 0.25) is 0 Å². The Morgan fingerprint density at radius 2 is 2.00 bits per heavy atom. The number of carbonyl (C=O) groups is 1. The van der Waals surface area contributed by atoms with E-state index < -0.39 is 23.6 Å². The summed E-state index contributed by atoms with van der Waals surface area (Å²) in [4.78, 5) is 18.0. The number of primary amides is 1. The van der Waals surface area contributed by atoms with Crippen LogP contribution in [0.4, 0.5) is 19.6 Å². The second-order valence-electron chi connectivity index (χ2n) is 8.05. The van der Waals surface area contributed by atoms with Crippen molar-refractivity contribution in [3.63, 3.8) is 0 Å². The molecule has 1 aromatic carbocycles. The van der Waals surface area contributed by atoms with Crippen molar-refractivity contribution in [2.45, 2.75) is 32.4 Å². The molecule has 4 rings (SSSR count). The highest BCUT2D eigenvalue weighted by Gasteiger charge is 2.21. The number of aromatic nitrogens is 5. The Morgan fingerprint density at radius 1 is 1.25 bits per heavy atom. The molecule has 3 heterocycles. The number of hydrogen-bond acceptors (Lipinski definition) is 9. The predicted octanol–water partition coefficient (Wildman–Crippen LogP) is 2.42. The Labute approximate surface area is 208 Å². The van der Waals surface area contributed by atoms with E-state index in [1.165, 1.54) is 17.8 Å². The second kappa shape index (κ2) is 10.8. The van der Waals surface area contributed by atoms with Crippen LogP contribution in [-0.2, 0) is 19.4 Å². The molecule has 13 heteroatoms. The number of aliphatic hydroxyl groups excluding tert-OH is 2. The van der Waals surface area contributed by atoms with E-state index in [4.69, 9.17) is 10.8 Å². The maximum atomic E-state index is 14.8. The van der Waals surface area contributed by atoms with Gasteiger partial charge in [-0.2, -0.15) is 4.80 Å². The number of rotatable bonds is 10. The van der Waals surface area contributed by atoms with Crippen molar-refractivity contribution in [1.29, 1.82) is 0 Å². The standard InChI is InChI=1S/C23H23F2N7O3S/c1-12(34)7-13-8-16(24)21(17(25)9-13)18-11-15(22(26)35)23(36-18)28-19-4-2-3-14(27-19)10-20-29-31-32(30-20)5-6-33/h2-4,8-9,11-12,33-34H,5-7,10H2,1H3,(H2,26,35)(H,27,28). The molecule has 1 atom stereocenters. The molecule has 3 aromatic heterocycles. The first-order valence-electron chi connectivity index (χ1n) is 10.9. The molecule has 188 valence electrons. The van der Waals surface area contributed by atoms with E-state index in [0.29, 0.717) is 22.9 Å². The van der Waals surface area contributed by atoms with E-state index in [1.807, 2.05) is 0 Å².